The number of carbonyl (C=O) groups excluding carboxylic acids is 1. The molecule has 4 rings (SSSR count). The van der Waals surface area contributed by atoms with E-state index in [1.807, 2.05) is 30.3 Å². The van der Waals surface area contributed by atoms with Crippen molar-refractivity contribution in [3.63, 3.8) is 0 Å². The van der Waals surface area contributed by atoms with Crippen LogP contribution >= 0.6 is 0 Å². The van der Waals surface area contributed by atoms with Crippen molar-refractivity contribution in [3.05, 3.63) is 60.4 Å². The zero-order valence-corrected chi connectivity index (χ0v) is 14.6. The van der Waals surface area contributed by atoms with Gasteiger partial charge in [-0.1, -0.05) is 24.8 Å². The van der Waals surface area contributed by atoms with E-state index in [0.29, 0.717) is 31.9 Å². The van der Waals surface area contributed by atoms with Crippen molar-refractivity contribution in [3.8, 4) is 0 Å². The summed E-state index contributed by atoms with van der Waals surface area (Å²) in [6, 6.07) is 10.0. The van der Waals surface area contributed by atoms with Crippen LogP contribution in [-0.2, 0) is 0 Å². The summed E-state index contributed by atoms with van der Waals surface area (Å²) in [7, 11) is 0. The van der Waals surface area contributed by atoms with Gasteiger partial charge in [0.2, 0.25) is 0 Å². The van der Waals surface area contributed by atoms with E-state index in [1.54, 1.807) is 4.90 Å². The predicted octanol–water partition coefficient (Wildman–Crippen LogP) is 2.89. The highest BCUT2D eigenvalue weighted by atomic mass is 19.3. The molecular formula is C19H19F2N5O. The number of fused-ring (bicyclic) bond motifs is 1. The number of benzene rings is 1. The van der Waals surface area contributed by atoms with Crippen LogP contribution in [0, 0.1) is 0 Å². The van der Waals surface area contributed by atoms with Gasteiger partial charge in [0.15, 0.2) is 0 Å². The number of aromatic nitrogens is 2. The fraction of sp³-hybridized carbons (Fsp3) is 0.263. The number of alkyl halides is 2. The molecule has 1 aromatic carbocycles. The van der Waals surface area contributed by atoms with Crippen LogP contribution in [0.5, 0.6) is 0 Å². The Hall–Kier alpha value is -3.16. The molecule has 27 heavy (non-hydrogen) atoms. The Labute approximate surface area is 155 Å². The molecule has 3 heterocycles. The van der Waals surface area contributed by atoms with E-state index in [1.165, 1.54) is 12.3 Å². The van der Waals surface area contributed by atoms with E-state index in [2.05, 4.69) is 21.9 Å². The van der Waals surface area contributed by atoms with Crippen molar-refractivity contribution in [1.82, 2.24) is 14.7 Å². The molecule has 1 aromatic heterocycles. The second-order valence-electron chi connectivity index (χ2n) is 6.45. The lowest BCUT2D eigenvalue weighted by Crippen LogP contribution is -2.48. The smallest absolute Gasteiger partial charge is 0.280 e. The molecule has 140 valence electrons. The molecule has 2 aliphatic heterocycles. The van der Waals surface area contributed by atoms with Crippen LogP contribution in [0.3, 0.4) is 0 Å². The normalized spacial score (nSPS) is 16.9. The molecule has 0 spiro atoms. The van der Waals surface area contributed by atoms with Gasteiger partial charge in [0.05, 0.1) is 6.20 Å². The van der Waals surface area contributed by atoms with Crippen LogP contribution in [0.15, 0.2) is 54.9 Å². The average Bonchev–Trinajstić information content (AvgIpc) is 3.11. The first-order chi connectivity index (χ1) is 13.0. The second kappa shape index (κ2) is 6.86. The molecule has 1 fully saturated rings. The van der Waals surface area contributed by atoms with Gasteiger partial charge >= 0.3 is 0 Å². The van der Waals surface area contributed by atoms with Crippen molar-refractivity contribution in [2.75, 3.05) is 36.4 Å². The van der Waals surface area contributed by atoms with Crippen LogP contribution in [0.4, 0.5) is 20.3 Å². The number of hydrogen-bond donors (Lipinski definition) is 1. The standard InChI is InChI=1S/C19H19F2N5O/c1-13-11-16(17(20)21)26-18(23-13)15(12-22-26)19(27)25-9-7-24(8-10-25)14-5-3-2-4-6-14/h2-6,11-12,17,23H,1,7-10H2. The Bertz CT molecular complexity index is 898. The lowest BCUT2D eigenvalue weighted by molar-refractivity contribution is 0.0747. The number of allylic oxidation sites excluding steroid dienone is 2. The van der Waals surface area contributed by atoms with E-state index in [-0.39, 0.29) is 23.0 Å². The molecule has 0 aliphatic carbocycles. The Morgan fingerprint density at radius 2 is 1.85 bits per heavy atom. The lowest BCUT2D eigenvalue weighted by Gasteiger charge is -2.36. The number of nitrogens with zero attached hydrogens (tertiary/aromatic N) is 4. The first kappa shape index (κ1) is 17.3. The van der Waals surface area contributed by atoms with Gasteiger partial charge in [-0.05, 0) is 18.2 Å². The van der Waals surface area contributed by atoms with Crippen LogP contribution in [0.1, 0.15) is 10.4 Å². The van der Waals surface area contributed by atoms with Crippen molar-refractivity contribution >= 4 is 23.1 Å². The molecule has 0 radical (unpaired) electrons. The Morgan fingerprint density at radius 1 is 1.15 bits per heavy atom. The maximum atomic E-state index is 13.2. The fourth-order valence-electron chi connectivity index (χ4n) is 3.38. The van der Waals surface area contributed by atoms with Gasteiger partial charge in [0, 0.05) is 37.6 Å². The molecular weight excluding hydrogens is 352 g/mol. The van der Waals surface area contributed by atoms with Gasteiger partial charge in [-0.15, -0.1) is 0 Å². The molecule has 2 aliphatic rings. The third kappa shape index (κ3) is 3.18. The van der Waals surface area contributed by atoms with Crippen LogP contribution < -0.4 is 10.2 Å². The van der Waals surface area contributed by atoms with Crippen LogP contribution in [-0.4, -0.2) is 53.2 Å². The van der Waals surface area contributed by atoms with Crippen molar-refractivity contribution in [2.45, 2.75) is 6.43 Å². The lowest BCUT2D eigenvalue weighted by atomic mass is 10.2. The number of anilines is 2. The Morgan fingerprint density at radius 3 is 2.52 bits per heavy atom. The summed E-state index contributed by atoms with van der Waals surface area (Å²) in [5, 5.41) is 6.87. The van der Waals surface area contributed by atoms with Crippen LogP contribution in [0.2, 0.25) is 0 Å². The van der Waals surface area contributed by atoms with Crippen molar-refractivity contribution in [1.29, 1.82) is 0 Å². The zero-order valence-electron chi connectivity index (χ0n) is 14.6. The van der Waals surface area contributed by atoms with E-state index < -0.39 is 6.43 Å². The largest absolute Gasteiger partial charge is 0.368 e. The monoisotopic (exact) mass is 371 g/mol. The van der Waals surface area contributed by atoms with Crippen LogP contribution in [0.25, 0.3) is 5.70 Å². The highest BCUT2D eigenvalue weighted by Gasteiger charge is 2.30. The highest BCUT2D eigenvalue weighted by Crippen LogP contribution is 2.30. The highest BCUT2D eigenvalue weighted by molar-refractivity contribution is 6.00. The van der Waals surface area contributed by atoms with Crippen molar-refractivity contribution in [2.24, 2.45) is 0 Å². The number of halogens is 2. The maximum Gasteiger partial charge on any atom is 0.280 e. The van der Waals surface area contributed by atoms with Gasteiger partial charge in [0.25, 0.3) is 12.3 Å². The fourth-order valence-corrected chi connectivity index (χ4v) is 3.38. The zero-order chi connectivity index (χ0) is 19.0. The summed E-state index contributed by atoms with van der Waals surface area (Å²) in [6.45, 7) is 6.21. The SMILES string of the molecule is C=C1C=C(C(F)F)n2ncc(C(=O)N3CCN(c4ccccc4)CC3)c2N1. The number of hydrogen-bond acceptors (Lipinski definition) is 4. The van der Waals surface area contributed by atoms with Gasteiger partial charge in [-0.2, -0.15) is 5.10 Å². The summed E-state index contributed by atoms with van der Waals surface area (Å²) in [4.78, 5) is 16.9. The molecule has 0 unspecified atom stereocenters. The number of para-hydroxylation sites is 1. The summed E-state index contributed by atoms with van der Waals surface area (Å²) >= 11 is 0. The molecule has 8 heteroatoms. The van der Waals surface area contributed by atoms with Gasteiger partial charge in [-0.3, -0.25) is 4.79 Å². The van der Waals surface area contributed by atoms with E-state index >= 15 is 0 Å². The predicted molar refractivity (Wildman–Crippen MR) is 99.8 cm³/mol. The molecule has 1 saturated heterocycles. The van der Waals surface area contributed by atoms with Gasteiger partial charge in [-0.25, -0.2) is 13.5 Å². The minimum Gasteiger partial charge on any atom is -0.368 e. The number of amides is 1. The first-order valence-corrected chi connectivity index (χ1v) is 8.68. The number of nitrogens with one attached hydrogen (secondary N) is 1. The molecule has 0 saturated carbocycles. The number of rotatable bonds is 3. The summed E-state index contributed by atoms with van der Waals surface area (Å²) < 4.78 is 27.6. The van der Waals surface area contributed by atoms with Gasteiger partial charge < -0.3 is 15.1 Å². The van der Waals surface area contributed by atoms with E-state index in [4.69, 9.17) is 0 Å². The number of piperazine rings is 1. The quantitative estimate of drug-likeness (QED) is 0.902. The minimum absolute atomic E-state index is 0.222. The second-order valence-corrected chi connectivity index (χ2v) is 6.45. The minimum atomic E-state index is -2.71. The van der Waals surface area contributed by atoms with Crippen molar-refractivity contribution < 1.29 is 13.6 Å². The molecule has 0 atom stereocenters. The Kier molecular flexibility index (Phi) is 4.39. The first-order valence-electron chi connectivity index (χ1n) is 8.68. The topological polar surface area (TPSA) is 53.4 Å². The average molecular weight is 371 g/mol. The third-order valence-electron chi connectivity index (χ3n) is 4.76. The summed E-state index contributed by atoms with van der Waals surface area (Å²) in [5.41, 5.74) is 1.41. The number of carbonyl (C=O) groups is 1. The van der Waals surface area contributed by atoms with E-state index in [0.717, 1.165) is 10.4 Å². The van der Waals surface area contributed by atoms with Gasteiger partial charge in [0.1, 0.15) is 17.1 Å². The summed E-state index contributed by atoms with van der Waals surface area (Å²) in [5.74, 6) is 0.0214. The van der Waals surface area contributed by atoms with E-state index in [9.17, 15) is 13.6 Å². The molecule has 0 bridgehead atoms. The molecule has 1 amide bonds. The maximum absolute atomic E-state index is 13.2. The third-order valence-corrected chi connectivity index (χ3v) is 4.76. The molecule has 2 aromatic rings. The molecule has 1 N–H and O–H groups in total. The molecule has 6 nitrogen and oxygen atoms in total. The Balaban J connectivity index is 1.51. The summed E-state index contributed by atoms with van der Waals surface area (Å²) in [6.07, 6.45) is -0.138.